The number of aryl methyl sites for hydroxylation is 2. The van der Waals surface area contributed by atoms with Gasteiger partial charge in [0, 0.05) is 11.6 Å². The van der Waals surface area contributed by atoms with E-state index in [-0.39, 0.29) is 10.9 Å². The van der Waals surface area contributed by atoms with Gasteiger partial charge < -0.3 is 4.52 Å². The van der Waals surface area contributed by atoms with Crippen molar-refractivity contribution in [3.63, 3.8) is 0 Å². The molecule has 0 radical (unpaired) electrons. The van der Waals surface area contributed by atoms with Gasteiger partial charge in [-0.15, -0.1) is 0 Å². The average molecular weight is 369 g/mol. The summed E-state index contributed by atoms with van der Waals surface area (Å²) in [5.74, 6) is 0.339. The van der Waals surface area contributed by atoms with Crippen molar-refractivity contribution in [1.29, 1.82) is 0 Å². The van der Waals surface area contributed by atoms with Gasteiger partial charge in [-0.2, -0.15) is 4.31 Å². The molecule has 0 bridgehead atoms. The van der Waals surface area contributed by atoms with Crippen LogP contribution in [0.25, 0.3) is 0 Å². The summed E-state index contributed by atoms with van der Waals surface area (Å²) in [5.41, 5.74) is 1.38. The molecule has 1 saturated heterocycles. The molecule has 24 heavy (non-hydrogen) atoms. The second-order valence-electron chi connectivity index (χ2n) is 6.19. The van der Waals surface area contributed by atoms with Crippen LogP contribution < -0.4 is 0 Å². The van der Waals surface area contributed by atoms with Crippen molar-refractivity contribution in [2.75, 3.05) is 6.54 Å². The summed E-state index contributed by atoms with van der Waals surface area (Å²) in [5, 5.41) is 4.46. The van der Waals surface area contributed by atoms with Crippen molar-refractivity contribution in [1.82, 2.24) is 9.46 Å². The first-order valence-electron chi connectivity index (χ1n) is 8.11. The van der Waals surface area contributed by atoms with Crippen molar-refractivity contribution in [3.8, 4) is 0 Å². The van der Waals surface area contributed by atoms with Crippen LogP contribution in [0.2, 0.25) is 5.02 Å². The van der Waals surface area contributed by atoms with Gasteiger partial charge in [0.15, 0.2) is 5.76 Å². The topological polar surface area (TPSA) is 63.4 Å². The fraction of sp³-hybridized carbons (Fsp3) is 0.471. The van der Waals surface area contributed by atoms with Gasteiger partial charge in [-0.05, 0) is 44.4 Å². The lowest BCUT2D eigenvalue weighted by atomic mass is 10.0. The monoisotopic (exact) mass is 368 g/mol. The maximum absolute atomic E-state index is 13.3. The summed E-state index contributed by atoms with van der Waals surface area (Å²) in [4.78, 5) is 0.198. The van der Waals surface area contributed by atoms with Gasteiger partial charge in [0.05, 0.1) is 6.04 Å². The zero-order valence-corrected chi connectivity index (χ0v) is 15.4. The summed E-state index contributed by atoms with van der Waals surface area (Å²) < 4.78 is 33.3. The molecule has 2 aromatic rings. The Morgan fingerprint density at radius 1 is 1.17 bits per heavy atom. The number of nitrogens with zero attached hydrogens (tertiary/aromatic N) is 2. The van der Waals surface area contributed by atoms with Gasteiger partial charge in [-0.25, -0.2) is 8.42 Å². The fourth-order valence-corrected chi connectivity index (χ4v) is 5.45. The summed E-state index contributed by atoms with van der Waals surface area (Å²) in [6, 6.07) is 7.25. The Labute approximate surface area is 147 Å². The first-order chi connectivity index (χ1) is 11.4. The molecule has 1 aliphatic heterocycles. The largest absolute Gasteiger partial charge is 0.360 e. The number of hydrogen-bond donors (Lipinski definition) is 0. The van der Waals surface area contributed by atoms with E-state index in [1.54, 1.807) is 18.2 Å². The van der Waals surface area contributed by atoms with Gasteiger partial charge >= 0.3 is 0 Å². The van der Waals surface area contributed by atoms with Crippen molar-refractivity contribution in [2.45, 2.75) is 50.5 Å². The smallest absolute Gasteiger partial charge is 0.249 e. The molecular weight excluding hydrogens is 348 g/mol. The van der Waals surface area contributed by atoms with Crippen LogP contribution >= 0.6 is 11.6 Å². The van der Waals surface area contributed by atoms with Crippen LogP contribution in [0.1, 0.15) is 48.7 Å². The van der Waals surface area contributed by atoms with E-state index >= 15 is 0 Å². The lowest BCUT2D eigenvalue weighted by Gasteiger charge is -2.29. The van der Waals surface area contributed by atoms with E-state index in [0.29, 0.717) is 23.0 Å². The Morgan fingerprint density at radius 2 is 1.88 bits per heavy atom. The molecule has 1 atom stereocenters. The quantitative estimate of drug-likeness (QED) is 0.812. The maximum atomic E-state index is 13.3. The van der Waals surface area contributed by atoms with Crippen LogP contribution in [0.5, 0.6) is 0 Å². The van der Waals surface area contributed by atoms with Crippen LogP contribution in [0.15, 0.2) is 33.7 Å². The molecule has 0 amide bonds. The molecule has 3 rings (SSSR count). The van der Waals surface area contributed by atoms with E-state index < -0.39 is 10.0 Å². The number of aromatic nitrogens is 1. The van der Waals surface area contributed by atoms with E-state index in [1.807, 2.05) is 24.3 Å². The minimum Gasteiger partial charge on any atom is -0.360 e. The predicted molar refractivity (Wildman–Crippen MR) is 92.5 cm³/mol. The summed E-state index contributed by atoms with van der Waals surface area (Å²) in [7, 11) is -3.67. The van der Waals surface area contributed by atoms with Gasteiger partial charge in [0.1, 0.15) is 10.6 Å². The first-order valence-corrected chi connectivity index (χ1v) is 9.93. The molecule has 1 fully saturated rings. The number of hydrogen-bond acceptors (Lipinski definition) is 4. The molecule has 0 spiro atoms. The fourth-order valence-electron chi connectivity index (χ4n) is 3.35. The van der Waals surface area contributed by atoms with Crippen molar-refractivity contribution in [3.05, 3.63) is 46.3 Å². The van der Waals surface area contributed by atoms with Crippen LogP contribution in [-0.2, 0) is 10.0 Å². The molecule has 5 nitrogen and oxygen atoms in total. The molecule has 1 aromatic heterocycles. The number of halogens is 1. The highest BCUT2D eigenvalue weighted by Gasteiger charge is 2.36. The molecule has 1 aliphatic rings. The molecule has 0 unspecified atom stereocenters. The Hall–Kier alpha value is -1.37. The van der Waals surface area contributed by atoms with Gasteiger partial charge in [0.25, 0.3) is 0 Å². The summed E-state index contributed by atoms with van der Waals surface area (Å²) in [6.45, 7) is 3.81. The minimum atomic E-state index is -3.67. The van der Waals surface area contributed by atoms with Gasteiger partial charge in [-0.3, -0.25) is 0 Å². The highest BCUT2D eigenvalue weighted by Crippen LogP contribution is 2.36. The lowest BCUT2D eigenvalue weighted by molar-refractivity contribution is 0.327. The number of rotatable bonds is 3. The highest BCUT2D eigenvalue weighted by atomic mass is 35.5. The van der Waals surface area contributed by atoms with E-state index in [0.717, 1.165) is 31.2 Å². The second-order valence-corrected chi connectivity index (χ2v) is 8.45. The average Bonchev–Trinajstić information content (AvgIpc) is 2.76. The van der Waals surface area contributed by atoms with Crippen LogP contribution in [0.4, 0.5) is 0 Å². The Morgan fingerprint density at radius 3 is 2.50 bits per heavy atom. The Bertz CT molecular complexity index is 795. The summed E-state index contributed by atoms with van der Waals surface area (Å²) >= 11 is 5.98. The zero-order chi connectivity index (χ0) is 17.3. The van der Waals surface area contributed by atoms with E-state index in [4.69, 9.17) is 16.1 Å². The molecule has 7 heteroatoms. The van der Waals surface area contributed by atoms with E-state index in [9.17, 15) is 8.42 Å². The third kappa shape index (κ3) is 3.23. The SMILES string of the molecule is Cc1noc(C)c1S(=O)(=O)N1CCCCC[C@H]1c1ccc(Cl)cc1. The van der Waals surface area contributed by atoms with Crippen LogP contribution in [0.3, 0.4) is 0 Å². The molecule has 130 valence electrons. The van der Waals surface area contributed by atoms with Crippen molar-refractivity contribution in [2.24, 2.45) is 0 Å². The molecule has 0 aliphatic carbocycles. The molecule has 1 aromatic carbocycles. The molecule has 0 N–H and O–H groups in total. The number of benzene rings is 1. The van der Waals surface area contributed by atoms with Crippen molar-refractivity contribution < 1.29 is 12.9 Å². The predicted octanol–water partition coefficient (Wildman–Crippen LogP) is 4.25. The van der Waals surface area contributed by atoms with Crippen LogP contribution in [-0.4, -0.2) is 24.4 Å². The standard InChI is InChI=1S/C17H21ClN2O3S/c1-12-17(13(2)23-19-12)24(21,22)20-11-5-3-4-6-16(20)14-7-9-15(18)10-8-14/h7-10,16H,3-6,11H2,1-2H3/t16-/m0/s1. The van der Waals surface area contributed by atoms with Crippen molar-refractivity contribution >= 4 is 21.6 Å². The van der Waals surface area contributed by atoms with Gasteiger partial charge in [0.2, 0.25) is 10.0 Å². The Balaban J connectivity index is 2.06. The molecule has 0 saturated carbocycles. The minimum absolute atomic E-state index is 0.191. The third-order valence-corrected chi connectivity index (χ3v) is 6.90. The maximum Gasteiger partial charge on any atom is 0.249 e. The molecule has 2 heterocycles. The highest BCUT2D eigenvalue weighted by molar-refractivity contribution is 7.89. The Kier molecular flexibility index (Phi) is 4.99. The van der Waals surface area contributed by atoms with E-state index in [2.05, 4.69) is 5.16 Å². The first kappa shape index (κ1) is 17.5. The zero-order valence-electron chi connectivity index (χ0n) is 13.8. The molecular formula is C17H21ClN2O3S. The van der Waals surface area contributed by atoms with E-state index in [1.165, 1.54) is 0 Å². The normalized spacial score (nSPS) is 20.0. The lowest BCUT2D eigenvalue weighted by Crippen LogP contribution is -2.35. The second kappa shape index (κ2) is 6.86. The summed E-state index contributed by atoms with van der Waals surface area (Å²) in [6.07, 6.45) is 3.68. The third-order valence-electron chi connectivity index (χ3n) is 4.49. The van der Waals surface area contributed by atoms with Gasteiger partial charge in [-0.1, -0.05) is 41.7 Å². The number of sulfonamides is 1. The van der Waals surface area contributed by atoms with Crippen LogP contribution in [0, 0.1) is 13.8 Å².